The number of fused-ring (bicyclic) bond motifs is 1. The van der Waals surface area contributed by atoms with Crippen LogP contribution in [0.2, 0.25) is 0 Å². The molecule has 0 radical (unpaired) electrons. The summed E-state index contributed by atoms with van der Waals surface area (Å²) in [5.74, 6) is 0.205. The minimum Gasteiger partial charge on any atom is -0.487 e. The summed E-state index contributed by atoms with van der Waals surface area (Å²) >= 11 is 0. The normalized spacial score (nSPS) is 11.0. The molecule has 124 valence electrons. The van der Waals surface area contributed by atoms with Crippen LogP contribution in [0.25, 0.3) is 16.9 Å². The van der Waals surface area contributed by atoms with E-state index in [2.05, 4.69) is 15.0 Å². The average Bonchev–Trinajstić information content (AvgIpc) is 3.03. The molecule has 0 N–H and O–H groups in total. The van der Waals surface area contributed by atoms with Gasteiger partial charge in [0.25, 0.3) is 0 Å². The van der Waals surface area contributed by atoms with Gasteiger partial charge in [0.2, 0.25) is 11.7 Å². The van der Waals surface area contributed by atoms with Gasteiger partial charge in [-0.1, -0.05) is 0 Å². The first kappa shape index (κ1) is 15.2. The van der Waals surface area contributed by atoms with Crippen molar-refractivity contribution in [1.82, 2.24) is 19.4 Å². The first-order chi connectivity index (χ1) is 12.2. The second-order valence-electron chi connectivity index (χ2n) is 5.39. The van der Waals surface area contributed by atoms with Crippen molar-refractivity contribution < 1.29 is 13.5 Å². The standard InChI is InChI=1S/C18H12F2N4O/c19-14-1-3-16(4-2-14)25-11-15-10-24-9-13(8-22-18(24)23-15)12-5-6-21-17(20)7-12/h1-10H,11H2. The van der Waals surface area contributed by atoms with Crippen molar-refractivity contribution in [2.24, 2.45) is 0 Å². The highest BCUT2D eigenvalue weighted by atomic mass is 19.1. The summed E-state index contributed by atoms with van der Waals surface area (Å²) in [6.45, 7) is 0.230. The van der Waals surface area contributed by atoms with Crippen LogP contribution in [0.3, 0.4) is 0 Å². The molecule has 7 heteroatoms. The molecule has 4 rings (SSSR count). The van der Waals surface area contributed by atoms with Crippen molar-refractivity contribution in [1.29, 1.82) is 0 Å². The van der Waals surface area contributed by atoms with Crippen molar-refractivity contribution in [3.8, 4) is 16.9 Å². The number of rotatable bonds is 4. The van der Waals surface area contributed by atoms with Gasteiger partial charge in [-0.2, -0.15) is 4.39 Å². The maximum absolute atomic E-state index is 13.3. The maximum Gasteiger partial charge on any atom is 0.234 e. The Morgan fingerprint density at radius 1 is 0.960 bits per heavy atom. The number of imidazole rings is 1. The van der Waals surface area contributed by atoms with E-state index in [4.69, 9.17) is 4.74 Å². The third-order valence-corrected chi connectivity index (χ3v) is 3.62. The van der Waals surface area contributed by atoms with Gasteiger partial charge in [0, 0.05) is 36.4 Å². The van der Waals surface area contributed by atoms with Gasteiger partial charge in [-0.05, 0) is 35.9 Å². The monoisotopic (exact) mass is 338 g/mol. The minimum absolute atomic E-state index is 0.230. The number of benzene rings is 1. The molecule has 1 aromatic carbocycles. The Morgan fingerprint density at radius 3 is 2.60 bits per heavy atom. The fraction of sp³-hybridized carbons (Fsp3) is 0.0556. The van der Waals surface area contributed by atoms with E-state index in [0.29, 0.717) is 22.8 Å². The summed E-state index contributed by atoms with van der Waals surface area (Å²) in [4.78, 5) is 12.2. The van der Waals surface area contributed by atoms with Crippen LogP contribution in [0.15, 0.2) is 61.2 Å². The number of hydrogen-bond acceptors (Lipinski definition) is 4. The van der Waals surface area contributed by atoms with E-state index >= 15 is 0 Å². The molecule has 25 heavy (non-hydrogen) atoms. The zero-order chi connectivity index (χ0) is 17.2. The largest absolute Gasteiger partial charge is 0.487 e. The van der Waals surface area contributed by atoms with E-state index in [1.807, 2.05) is 6.20 Å². The molecular weight excluding hydrogens is 326 g/mol. The number of halogens is 2. The molecular formula is C18H12F2N4O. The van der Waals surface area contributed by atoms with Gasteiger partial charge in [-0.3, -0.25) is 4.40 Å². The van der Waals surface area contributed by atoms with Crippen LogP contribution >= 0.6 is 0 Å². The summed E-state index contributed by atoms with van der Waals surface area (Å²) in [6.07, 6.45) is 6.63. The van der Waals surface area contributed by atoms with Gasteiger partial charge in [0.15, 0.2) is 0 Å². The lowest BCUT2D eigenvalue weighted by molar-refractivity contribution is 0.301. The smallest absolute Gasteiger partial charge is 0.234 e. The second-order valence-corrected chi connectivity index (χ2v) is 5.39. The number of pyridine rings is 1. The van der Waals surface area contributed by atoms with Crippen LogP contribution in [-0.2, 0) is 6.61 Å². The van der Waals surface area contributed by atoms with Crippen LogP contribution in [0.4, 0.5) is 8.78 Å². The molecule has 0 fully saturated rings. The summed E-state index contributed by atoms with van der Waals surface area (Å²) in [5, 5.41) is 0. The quantitative estimate of drug-likeness (QED) is 0.533. The summed E-state index contributed by atoms with van der Waals surface area (Å²) in [5.41, 5.74) is 2.10. The van der Waals surface area contributed by atoms with Gasteiger partial charge in [0.05, 0.1) is 5.69 Å². The topological polar surface area (TPSA) is 52.3 Å². The zero-order valence-electron chi connectivity index (χ0n) is 12.9. The Morgan fingerprint density at radius 2 is 1.80 bits per heavy atom. The lowest BCUT2D eigenvalue weighted by Crippen LogP contribution is -1.95. The van der Waals surface area contributed by atoms with Crippen LogP contribution < -0.4 is 4.74 Å². The first-order valence-electron chi connectivity index (χ1n) is 7.51. The molecule has 3 heterocycles. The average molecular weight is 338 g/mol. The van der Waals surface area contributed by atoms with Gasteiger partial charge < -0.3 is 4.74 Å². The SMILES string of the molecule is Fc1ccc(OCc2cn3cc(-c4ccnc(F)c4)cnc3n2)cc1. The van der Waals surface area contributed by atoms with Crippen molar-refractivity contribution in [3.05, 3.63) is 78.6 Å². The molecule has 0 bridgehead atoms. The Balaban J connectivity index is 1.56. The van der Waals surface area contributed by atoms with Gasteiger partial charge in [-0.15, -0.1) is 0 Å². The molecule has 0 aliphatic carbocycles. The van der Waals surface area contributed by atoms with E-state index in [1.54, 1.807) is 35.0 Å². The van der Waals surface area contributed by atoms with Gasteiger partial charge in [0.1, 0.15) is 18.2 Å². The molecule has 5 nitrogen and oxygen atoms in total. The fourth-order valence-corrected chi connectivity index (χ4v) is 2.42. The maximum atomic E-state index is 13.3. The third-order valence-electron chi connectivity index (χ3n) is 3.62. The van der Waals surface area contributed by atoms with E-state index < -0.39 is 5.95 Å². The van der Waals surface area contributed by atoms with Gasteiger partial charge in [-0.25, -0.2) is 19.3 Å². The van der Waals surface area contributed by atoms with Crippen molar-refractivity contribution in [3.63, 3.8) is 0 Å². The number of ether oxygens (including phenoxy) is 1. The molecule has 0 atom stereocenters. The number of hydrogen-bond donors (Lipinski definition) is 0. The predicted octanol–water partition coefficient (Wildman–Crippen LogP) is 3.65. The molecule has 0 unspecified atom stereocenters. The highest BCUT2D eigenvalue weighted by Crippen LogP contribution is 2.19. The molecule has 0 amide bonds. The first-order valence-corrected chi connectivity index (χ1v) is 7.51. The van der Waals surface area contributed by atoms with E-state index in [9.17, 15) is 8.78 Å². The Kier molecular flexibility index (Phi) is 3.81. The van der Waals surface area contributed by atoms with E-state index in [1.165, 1.54) is 24.4 Å². The summed E-state index contributed by atoms with van der Waals surface area (Å²) in [6, 6.07) is 8.83. The molecule has 3 aromatic heterocycles. The van der Waals surface area contributed by atoms with Crippen LogP contribution in [-0.4, -0.2) is 19.4 Å². The van der Waals surface area contributed by atoms with E-state index in [0.717, 1.165) is 5.56 Å². The highest BCUT2D eigenvalue weighted by Gasteiger charge is 2.07. The lowest BCUT2D eigenvalue weighted by atomic mass is 10.1. The number of nitrogens with zero attached hydrogens (tertiary/aromatic N) is 4. The molecule has 4 aromatic rings. The lowest BCUT2D eigenvalue weighted by Gasteiger charge is -2.02. The van der Waals surface area contributed by atoms with E-state index in [-0.39, 0.29) is 12.4 Å². The highest BCUT2D eigenvalue weighted by molar-refractivity contribution is 5.61. The molecule has 0 spiro atoms. The molecule has 0 aliphatic rings. The minimum atomic E-state index is -0.545. The summed E-state index contributed by atoms with van der Waals surface area (Å²) in [7, 11) is 0. The van der Waals surface area contributed by atoms with Crippen LogP contribution in [0.1, 0.15) is 5.69 Å². The van der Waals surface area contributed by atoms with Crippen LogP contribution in [0.5, 0.6) is 5.75 Å². The summed E-state index contributed by atoms with van der Waals surface area (Å²) < 4.78 is 33.5. The van der Waals surface area contributed by atoms with Crippen molar-refractivity contribution >= 4 is 5.78 Å². The Bertz CT molecular complexity index is 1030. The van der Waals surface area contributed by atoms with Crippen molar-refractivity contribution in [2.45, 2.75) is 6.61 Å². The molecule has 0 aliphatic heterocycles. The third kappa shape index (κ3) is 3.30. The Labute approximate surface area is 141 Å². The molecule has 0 saturated heterocycles. The second kappa shape index (κ2) is 6.27. The van der Waals surface area contributed by atoms with Crippen LogP contribution in [0, 0.1) is 11.8 Å². The molecule has 0 saturated carbocycles. The van der Waals surface area contributed by atoms with Gasteiger partial charge >= 0.3 is 0 Å². The zero-order valence-corrected chi connectivity index (χ0v) is 12.9. The predicted molar refractivity (Wildman–Crippen MR) is 86.9 cm³/mol. The fourth-order valence-electron chi connectivity index (χ4n) is 2.42. The number of aromatic nitrogens is 4. The van der Waals surface area contributed by atoms with Crippen molar-refractivity contribution in [2.75, 3.05) is 0 Å². The Hall–Kier alpha value is -3.35.